The Kier molecular flexibility index (Phi) is 6.96. The molecule has 0 radical (unpaired) electrons. The average molecular weight is 480 g/mol. The monoisotopic (exact) mass is 479 g/mol. The number of rotatable bonds is 6. The van der Waals surface area contributed by atoms with E-state index in [0.717, 1.165) is 18.1 Å². The maximum absolute atomic E-state index is 13.7. The first-order valence-electron chi connectivity index (χ1n) is 11.0. The van der Waals surface area contributed by atoms with Crippen molar-refractivity contribution in [2.45, 2.75) is 38.3 Å². The normalized spacial score (nSPS) is 21.1. The van der Waals surface area contributed by atoms with E-state index in [0.29, 0.717) is 43.7 Å². The number of nitrogens with zero attached hydrogens (tertiary/aromatic N) is 2. The first-order valence-corrected chi connectivity index (χ1v) is 12.7. The molecule has 0 unspecified atom stereocenters. The van der Waals surface area contributed by atoms with E-state index in [1.165, 1.54) is 17.2 Å². The van der Waals surface area contributed by atoms with Gasteiger partial charge in [-0.25, -0.2) is 31.8 Å². The van der Waals surface area contributed by atoms with Crippen LogP contribution in [0.25, 0.3) is 11.1 Å². The minimum Gasteiger partial charge on any atom is -0.318 e. The van der Waals surface area contributed by atoms with Crippen molar-refractivity contribution in [2.75, 3.05) is 25.4 Å². The predicted octanol–water partition coefficient (Wildman–Crippen LogP) is 3.31. The van der Waals surface area contributed by atoms with Crippen molar-refractivity contribution in [1.82, 2.24) is 14.7 Å². The number of carbonyl (C=O) groups is 1. The van der Waals surface area contributed by atoms with Crippen LogP contribution >= 0.6 is 0 Å². The number of likely N-dealkylation sites (tertiary alicyclic amines) is 1. The Bertz CT molecular complexity index is 1100. The minimum atomic E-state index is -3.47. The van der Waals surface area contributed by atoms with Crippen molar-refractivity contribution < 1.29 is 26.8 Å². The molecule has 4 rings (SSSR count). The second-order valence-electron chi connectivity index (χ2n) is 8.31. The van der Waals surface area contributed by atoms with Gasteiger partial charge in [-0.2, -0.15) is 0 Å². The maximum Gasteiger partial charge on any atom is 0.344 e. The summed E-state index contributed by atoms with van der Waals surface area (Å²) in [5.41, 5.74) is 1.86. The molecule has 10 heteroatoms. The topological polar surface area (TPSA) is 79.0 Å². The molecule has 2 aliphatic rings. The molecule has 1 N–H and O–H groups in total. The zero-order valence-electron chi connectivity index (χ0n) is 18.3. The number of hydrogen-bond acceptors (Lipinski definition) is 4. The summed E-state index contributed by atoms with van der Waals surface area (Å²) < 4.78 is 54.7. The van der Waals surface area contributed by atoms with Gasteiger partial charge in [0.1, 0.15) is 11.6 Å². The second kappa shape index (κ2) is 9.74. The summed E-state index contributed by atoms with van der Waals surface area (Å²) in [4.78, 5) is 20.1. The van der Waals surface area contributed by atoms with E-state index < -0.39 is 33.7 Å². The van der Waals surface area contributed by atoms with Gasteiger partial charge in [0.25, 0.3) is 0 Å². The van der Waals surface area contributed by atoms with Crippen molar-refractivity contribution in [2.24, 2.45) is 0 Å². The Morgan fingerprint density at radius 1 is 1.12 bits per heavy atom. The van der Waals surface area contributed by atoms with Gasteiger partial charge in [0, 0.05) is 18.7 Å². The lowest BCUT2D eigenvalue weighted by atomic mass is 9.97. The predicted molar refractivity (Wildman–Crippen MR) is 120 cm³/mol. The molecule has 2 aliphatic heterocycles. The van der Waals surface area contributed by atoms with Crippen LogP contribution in [0.15, 0.2) is 42.5 Å². The molecule has 178 valence electrons. The van der Waals surface area contributed by atoms with Gasteiger partial charge in [0.2, 0.25) is 10.0 Å². The Morgan fingerprint density at radius 2 is 1.88 bits per heavy atom. The molecule has 2 atom stereocenters. The number of urea groups is 1. The van der Waals surface area contributed by atoms with Crippen LogP contribution in [-0.2, 0) is 21.3 Å². The number of amides is 2. The fraction of sp³-hybridized carbons (Fsp3) is 0.435. The zero-order valence-corrected chi connectivity index (χ0v) is 19.2. The molecule has 0 aromatic heterocycles. The lowest BCUT2D eigenvalue weighted by Gasteiger charge is -2.31. The highest BCUT2D eigenvalue weighted by Gasteiger charge is 2.41. The molecule has 2 amide bonds. The number of benzene rings is 2. The molecule has 0 spiro atoms. The Hall–Kier alpha value is -2.56. The van der Waals surface area contributed by atoms with E-state index in [9.17, 15) is 22.0 Å². The fourth-order valence-electron chi connectivity index (χ4n) is 4.38. The lowest BCUT2D eigenvalue weighted by molar-refractivity contribution is -0.0782. The van der Waals surface area contributed by atoms with E-state index in [1.807, 2.05) is 12.1 Å². The maximum atomic E-state index is 13.7. The van der Waals surface area contributed by atoms with Gasteiger partial charge in [-0.15, -0.1) is 0 Å². The van der Waals surface area contributed by atoms with Gasteiger partial charge < -0.3 is 4.90 Å². The zero-order chi connectivity index (χ0) is 23.6. The highest BCUT2D eigenvalue weighted by molar-refractivity contribution is 7.89. The Morgan fingerprint density at radius 3 is 2.55 bits per heavy atom. The second-order valence-corrected chi connectivity index (χ2v) is 10.4. The van der Waals surface area contributed by atoms with Crippen LogP contribution in [0, 0.1) is 11.6 Å². The summed E-state index contributed by atoms with van der Waals surface area (Å²) in [7, 11) is -3.47. The summed E-state index contributed by atoms with van der Waals surface area (Å²) in [6, 6.07) is 9.39. The van der Waals surface area contributed by atoms with Crippen molar-refractivity contribution in [3.63, 3.8) is 0 Å². The van der Waals surface area contributed by atoms with E-state index in [1.54, 1.807) is 24.0 Å². The van der Waals surface area contributed by atoms with Crippen LogP contribution in [0.2, 0.25) is 0 Å². The van der Waals surface area contributed by atoms with Crippen LogP contribution in [-0.4, -0.2) is 61.9 Å². The first-order chi connectivity index (χ1) is 15.8. The van der Waals surface area contributed by atoms with Gasteiger partial charge in [-0.05, 0) is 55.0 Å². The van der Waals surface area contributed by atoms with Gasteiger partial charge in [0.15, 0.2) is 0 Å². The molecule has 0 saturated carbocycles. The van der Waals surface area contributed by atoms with E-state index in [2.05, 4.69) is 4.72 Å². The summed E-state index contributed by atoms with van der Waals surface area (Å²) in [5, 5.41) is 1.33. The van der Waals surface area contributed by atoms with Gasteiger partial charge in [0.05, 0.1) is 24.9 Å². The summed E-state index contributed by atoms with van der Waals surface area (Å²) >= 11 is 0. The van der Waals surface area contributed by atoms with E-state index in [-0.39, 0.29) is 11.8 Å². The molecule has 7 nitrogen and oxygen atoms in total. The molecular weight excluding hydrogens is 452 g/mol. The third-order valence-electron chi connectivity index (χ3n) is 6.04. The van der Waals surface area contributed by atoms with Crippen molar-refractivity contribution in [1.29, 1.82) is 0 Å². The minimum absolute atomic E-state index is 0.0555. The third-order valence-corrected chi connectivity index (χ3v) is 7.46. The van der Waals surface area contributed by atoms with Gasteiger partial charge in [-0.1, -0.05) is 24.3 Å². The lowest BCUT2D eigenvalue weighted by Crippen LogP contribution is -2.51. The van der Waals surface area contributed by atoms with Crippen LogP contribution in [0.3, 0.4) is 0 Å². The number of sulfonamides is 1. The molecule has 2 heterocycles. The Balaban J connectivity index is 1.61. The largest absolute Gasteiger partial charge is 0.344 e. The van der Waals surface area contributed by atoms with Crippen LogP contribution in [0.1, 0.15) is 25.3 Å². The standard InChI is InChI=1S/C23H27F2N3O4S/c1-2-33(30,31)26-21-7-9-27(23(29)28-8-4-10-32-28)22(21)12-16-5-3-6-17(11-16)18-13-19(24)15-20(25)14-18/h3,5-6,11,13-15,21-22,26H,2,4,7-10,12H2,1H3/t21-,22-/m0/s1. The molecular formula is C23H27F2N3O4S. The van der Waals surface area contributed by atoms with Gasteiger partial charge >= 0.3 is 6.03 Å². The first kappa shape index (κ1) is 23.6. The highest BCUT2D eigenvalue weighted by atomic mass is 32.2. The summed E-state index contributed by atoms with van der Waals surface area (Å²) in [5.74, 6) is -1.38. The van der Waals surface area contributed by atoms with Gasteiger partial charge in [-0.3, -0.25) is 4.84 Å². The van der Waals surface area contributed by atoms with Crippen molar-refractivity contribution >= 4 is 16.1 Å². The smallest absolute Gasteiger partial charge is 0.318 e. The number of hydrogen-bond donors (Lipinski definition) is 1. The summed E-state index contributed by atoms with van der Waals surface area (Å²) in [6.07, 6.45) is 1.61. The molecule has 0 bridgehead atoms. The number of halogens is 2. The van der Waals surface area contributed by atoms with Crippen LogP contribution < -0.4 is 4.72 Å². The SMILES string of the molecule is CCS(=O)(=O)N[C@H]1CCN(C(=O)N2CCCO2)[C@H]1Cc1cccc(-c2cc(F)cc(F)c2)c1. The number of nitrogens with one attached hydrogen (secondary N) is 1. The van der Waals surface area contributed by atoms with E-state index in [4.69, 9.17) is 4.84 Å². The van der Waals surface area contributed by atoms with Crippen LogP contribution in [0.5, 0.6) is 0 Å². The average Bonchev–Trinajstić information content (AvgIpc) is 3.44. The molecule has 2 aromatic carbocycles. The molecule has 2 saturated heterocycles. The molecule has 2 fully saturated rings. The van der Waals surface area contributed by atoms with Crippen LogP contribution in [0.4, 0.5) is 13.6 Å². The molecule has 33 heavy (non-hydrogen) atoms. The quantitative estimate of drug-likeness (QED) is 0.690. The van der Waals surface area contributed by atoms with Crippen molar-refractivity contribution in [3.8, 4) is 11.1 Å². The molecule has 2 aromatic rings. The number of carbonyl (C=O) groups excluding carboxylic acids is 1. The Labute approximate surface area is 192 Å². The third kappa shape index (κ3) is 5.51. The number of hydroxylamine groups is 2. The van der Waals surface area contributed by atoms with Crippen molar-refractivity contribution in [3.05, 3.63) is 59.7 Å². The van der Waals surface area contributed by atoms with E-state index >= 15 is 0 Å². The highest BCUT2D eigenvalue weighted by Crippen LogP contribution is 2.28. The summed E-state index contributed by atoms with van der Waals surface area (Å²) in [6.45, 7) is 2.93. The molecule has 0 aliphatic carbocycles. The fourth-order valence-corrected chi connectivity index (χ4v) is 5.28.